The Kier molecular flexibility index (Phi) is 18.8. The fourth-order valence-corrected chi connectivity index (χ4v) is 5.34. The van der Waals surface area contributed by atoms with Gasteiger partial charge in [0.25, 0.3) is 0 Å². The van der Waals surface area contributed by atoms with Crippen LogP contribution in [0.2, 0.25) is 0 Å². The number of nitrogens with zero attached hydrogens (tertiary/aromatic N) is 3. The van der Waals surface area contributed by atoms with Gasteiger partial charge < -0.3 is 27.7 Å². The van der Waals surface area contributed by atoms with E-state index in [9.17, 15) is 0 Å². The van der Waals surface area contributed by atoms with Crippen LogP contribution in [-0.4, -0.2) is 112 Å². The van der Waals surface area contributed by atoms with Gasteiger partial charge >= 0.3 is 0 Å². The highest BCUT2D eigenvalue weighted by Gasteiger charge is 2.25. The van der Waals surface area contributed by atoms with Gasteiger partial charge in [-0.2, -0.15) is 0 Å². The number of hydrogen-bond acceptors (Lipinski definition) is 3. The second kappa shape index (κ2) is 19.5. The van der Waals surface area contributed by atoms with Gasteiger partial charge in [-0.05, 0) is 74.4 Å². The van der Waals surface area contributed by atoms with Crippen LogP contribution in [-0.2, 0) is 0 Å². The summed E-state index contributed by atoms with van der Waals surface area (Å²) in [6.07, 6.45) is 0. The Morgan fingerprint density at radius 2 is 0.711 bits per heavy atom. The zero-order valence-corrected chi connectivity index (χ0v) is 27.4. The minimum Gasteiger partial charge on any atom is -0.484 e. The van der Waals surface area contributed by atoms with Gasteiger partial charge in [0.1, 0.15) is 39.5 Å². The number of likely N-dealkylation sites (N-methyl/N-ethyl adjacent to an activating group) is 3. The molecule has 0 saturated heterocycles. The summed E-state index contributed by atoms with van der Waals surface area (Å²) in [6.45, 7) is 39.6. The monoisotopic (exact) mass is 541 g/mol. The van der Waals surface area contributed by atoms with Gasteiger partial charge in [-0.1, -0.05) is 19.9 Å². The van der Waals surface area contributed by atoms with Crippen molar-refractivity contribution in [2.45, 2.75) is 76.2 Å². The fraction of sp³-hybridized carbons (Fsp3) is 0.812. The van der Waals surface area contributed by atoms with Gasteiger partial charge in [0, 0.05) is 0 Å². The Hall–Kier alpha value is -1.50. The summed E-state index contributed by atoms with van der Waals surface area (Å²) in [5.74, 6) is 2.38. The fourth-order valence-electron chi connectivity index (χ4n) is 5.34. The topological polar surface area (TPSA) is 27.7 Å². The molecule has 0 radical (unpaired) electrons. The lowest BCUT2D eigenvalue weighted by Crippen LogP contribution is -2.50. The molecule has 0 atom stereocenters. The van der Waals surface area contributed by atoms with Crippen LogP contribution in [0, 0.1) is 0 Å². The molecule has 0 N–H and O–H groups in total. The lowest BCUT2D eigenvalue weighted by Gasteiger charge is -2.36. The molecule has 1 rings (SSSR count). The van der Waals surface area contributed by atoms with E-state index in [0.717, 1.165) is 109 Å². The molecule has 0 aliphatic heterocycles. The number of quaternary nitrogens is 3. The Morgan fingerprint density at radius 1 is 0.447 bits per heavy atom. The van der Waals surface area contributed by atoms with Crippen LogP contribution in [0.25, 0.3) is 0 Å². The second-order valence-electron chi connectivity index (χ2n) is 10.2. The molecule has 1 aromatic carbocycles. The van der Waals surface area contributed by atoms with Crippen LogP contribution in [0.3, 0.4) is 0 Å². The molecule has 38 heavy (non-hydrogen) atoms. The molecule has 0 spiro atoms. The van der Waals surface area contributed by atoms with E-state index >= 15 is 0 Å². The molecule has 0 unspecified atom stereocenters. The molecular weight excluding hydrogens is 474 g/mol. The first-order chi connectivity index (χ1) is 18.3. The number of para-hydroxylation sites is 1. The molecule has 0 aliphatic rings. The van der Waals surface area contributed by atoms with Gasteiger partial charge in [-0.25, -0.2) is 0 Å². The predicted molar refractivity (Wildman–Crippen MR) is 165 cm³/mol. The van der Waals surface area contributed by atoms with Crippen molar-refractivity contribution >= 4 is 0 Å². The van der Waals surface area contributed by atoms with Crippen LogP contribution < -0.4 is 14.2 Å². The zero-order chi connectivity index (χ0) is 29.1. The third-order valence-corrected chi connectivity index (χ3v) is 9.44. The van der Waals surface area contributed by atoms with Gasteiger partial charge in [-0.15, -0.1) is 0 Å². The molecular formula is C32H66N3O3+3. The van der Waals surface area contributed by atoms with Crippen molar-refractivity contribution in [3.05, 3.63) is 18.2 Å². The predicted octanol–water partition coefficient (Wildman–Crippen LogP) is 6.48. The van der Waals surface area contributed by atoms with E-state index in [1.165, 1.54) is 0 Å². The SMILES string of the molecule is CC.CC[N+](CC)(CC)CCOc1cccc(OCC[N+](CC)(CC)CC)c1OCC[N+](CC)(CC)CC. The van der Waals surface area contributed by atoms with E-state index in [1.54, 1.807) is 0 Å². The zero-order valence-electron chi connectivity index (χ0n) is 27.4. The molecule has 0 amide bonds. The van der Waals surface area contributed by atoms with E-state index in [1.807, 2.05) is 32.0 Å². The molecule has 0 heterocycles. The minimum atomic E-state index is 0.657. The molecule has 0 fully saturated rings. The van der Waals surface area contributed by atoms with Crippen molar-refractivity contribution in [3.63, 3.8) is 0 Å². The van der Waals surface area contributed by atoms with Crippen LogP contribution in [0.15, 0.2) is 18.2 Å². The van der Waals surface area contributed by atoms with Crippen molar-refractivity contribution in [2.24, 2.45) is 0 Å². The summed E-state index contributed by atoms with van der Waals surface area (Å²) >= 11 is 0. The van der Waals surface area contributed by atoms with E-state index in [0.29, 0.717) is 19.8 Å². The van der Waals surface area contributed by atoms with Gasteiger partial charge in [0.2, 0.25) is 5.75 Å². The first-order valence-corrected chi connectivity index (χ1v) is 15.9. The van der Waals surface area contributed by atoms with Crippen molar-refractivity contribution in [2.75, 3.05) is 98.4 Å². The summed E-state index contributed by atoms with van der Waals surface area (Å²) in [5.41, 5.74) is 0. The molecule has 0 saturated carbocycles. The summed E-state index contributed by atoms with van der Waals surface area (Å²) in [4.78, 5) is 0. The molecule has 6 nitrogen and oxygen atoms in total. The minimum absolute atomic E-state index is 0.657. The third-order valence-electron chi connectivity index (χ3n) is 9.44. The number of rotatable bonds is 21. The highest BCUT2D eigenvalue weighted by molar-refractivity contribution is 5.51. The Morgan fingerprint density at radius 3 is 0.974 bits per heavy atom. The maximum absolute atomic E-state index is 6.48. The highest BCUT2D eigenvalue weighted by Crippen LogP contribution is 2.37. The van der Waals surface area contributed by atoms with Crippen LogP contribution in [0.5, 0.6) is 17.2 Å². The van der Waals surface area contributed by atoms with Crippen molar-refractivity contribution in [1.82, 2.24) is 0 Å². The van der Waals surface area contributed by atoms with E-state index in [4.69, 9.17) is 14.2 Å². The van der Waals surface area contributed by atoms with Crippen molar-refractivity contribution in [1.29, 1.82) is 0 Å². The lowest BCUT2D eigenvalue weighted by atomic mass is 10.3. The van der Waals surface area contributed by atoms with E-state index < -0.39 is 0 Å². The number of ether oxygens (including phenoxy) is 3. The smallest absolute Gasteiger partial charge is 0.203 e. The highest BCUT2D eigenvalue weighted by atomic mass is 16.5. The molecule has 0 aliphatic carbocycles. The molecule has 0 aromatic heterocycles. The Balaban J connectivity index is 0.00000667. The van der Waals surface area contributed by atoms with Crippen LogP contribution in [0.4, 0.5) is 0 Å². The average molecular weight is 541 g/mol. The average Bonchev–Trinajstić information content (AvgIpc) is 2.98. The van der Waals surface area contributed by atoms with Crippen molar-refractivity contribution in [3.8, 4) is 17.2 Å². The van der Waals surface area contributed by atoms with Gasteiger partial charge in [0.05, 0.1) is 58.9 Å². The largest absolute Gasteiger partial charge is 0.484 e. The number of benzene rings is 1. The summed E-state index contributed by atoms with van der Waals surface area (Å²) in [5, 5.41) is 0. The summed E-state index contributed by atoms with van der Waals surface area (Å²) in [7, 11) is 0. The van der Waals surface area contributed by atoms with Crippen LogP contribution in [0.1, 0.15) is 76.2 Å². The third kappa shape index (κ3) is 10.6. The summed E-state index contributed by atoms with van der Waals surface area (Å²) < 4.78 is 22.4. The molecule has 0 bridgehead atoms. The maximum atomic E-state index is 6.48. The molecule has 6 heteroatoms. The quantitative estimate of drug-likeness (QED) is 0.167. The molecule has 1 aromatic rings. The normalized spacial score (nSPS) is 12.1. The first kappa shape index (κ1) is 36.5. The number of hydrogen-bond donors (Lipinski definition) is 0. The molecule has 224 valence electrons. The van der Waals surface area contributed by atoms with E-state index in [2.05, 4.69) is 62.3 Å². The lowest BCUT2D eigenvalue weighted by molar-refractivity contribution is -0.923. The van der Waals surface area contributed by atoms with Gasteiger partial charge in [0.15, 0.2) is 11.5 Å². The Bertz CT molecular complexity index is 645. The Labute approximate surface area is 237 Å². The maximum Gasteiger partial charge on any atom is 0.203 e. The van der Waals surface area contributed by atoms with Crippen LogP contribution >= 0.6 is 0 Å². The standard InChI is InChI=1S/C30H60N3O3.C2H6/c1-10-31(11-2,12-3)22-25-34-28-20-19-21-29(35-26-23-32(13-4,14-5)15-6)30(28)36-27-24-33(16-7,17-8)18-9;1-2/h19-21H,10-18,22-27H2,1-9H3;1-2H3/q+3;. The van der Waals surface area contributed by atoms with Gasteiger partial charge in [-0.3, -0.25) is 0 Å². The summed E-state index contributed by atoms with van der Waals surface area (Å²) in [6, 6.07) is 6.10. The van der Waals surface area contributed by atoms with E-state index in [-0.39, 0.29) is 0 Å². The second-order valence-corrected chi connectivity index (χ2v) is 10.2. The van der Waals surface area contributed by atoms with Crippen molar-refractivity contribution < 1.29 is 27.7 Å². The first-order valence-electron chi connectivity index (χ1n) is 15.9.